The Morgan fingerprint density at radius 3 is 2.28 bits per heavy atom. The molecule has 2 amide bonds. The lowest BCUT2D eigenvalue weighted by Gasteiger charge is -2.17. The first-order valence-electron chi connectivity index (χ1n) is 8.37. The van der Waals surface area contributed by atoms with E-state index in [0.717, 1.165) is 18.4 Å². The lowest BCUT2D eigenvalue weighted by atomic mass is 9.96. The van der Waals surface area contributed by atoms with Gasteiger partial charge in [0, 0.05) is 18.5 Å². The Balaban J connectivity index is 1.46. The van der Waals surface area contributed by atoms with Crippen LogP contribution in [0.2, 0.25) is 0 Å². The summed E-state index contributed by atoms with van der Waals surface area (Å²) in [7, 11) is 1.35. The summed E-state index contributed by atoms with van der Waals surface area (Å²) in [5.41, 5.74) is 2.80. The molecular formula is C20H22N2O3. The number of amides is 2. The predicted octanol–water partition coefficient (Wildman–Crippen LogP) is 3.00. The van der Waals surface area contributed by atoms with Gasteiger partial charge in [0.05, 0.1) is 12.7 Å². The maximum Gasteiger partial charge on any atom is 0.337 e. The molecule has 1 aliphatic rings. The van der Waals surface area contributed by atoms with Gasteiger partial charge in [-0.05, 0) is 36.1 Å². The molecule has 0 atom stereocenters. The summed E-state index contributed by atoms with van der Waals surface area (Å²) >= 11 is 0. The van der Waals surface area contributed by atoms with Crippen LogP contribution < -0.4 is 10.6 Å². The molecule has 0 bridgehead atoms. The summed E-state index contributed by atoms with van der Waals surface area (Å²) in [6.45, 7) is 1.05. The smallest absolute Gasteiger partial charge is 0.337 e. The van der Waals surface area contributed by atoms with E-state index in [1.165, 1.54) is 12.7 Å². The third kappa shape index (κ3) is 4.18. The van der Waals surface area contributed by atoms with Crippen molar-refractivity contribution in [3.05, 3.63) is 71.3 Å². The Bertz CT molecular complexity index is 737. The van der Waals surface area contributed by atoms with E-state index >= 15 is 0 Å². The Labute approximate surface area is 147 Å². The van der Waals surface area contributed by atoms with Crippen molar-refractivity contribution in [2.75, 3.05) is 13.7 Å². The van der Waals surface area contributed by atoms with Crippen LogP contribution in [0.1, 0.15) is 34.3 Å². The lowest BCUT2D eigenvalue weighted by molar-refractivity contribution is 0.0600. The molecule has 0 unspecified atom stereocenters. The number of ether oxygens (including phenoxy) is 1. The Hall–Kier alpha value is -2.82. The van der Waals surface area contributed by atoms with E-state index in [9.17, 15) is 9.59 Å². The van der Waals surface area contributed by atoms with E-state index in [1.807, 2.05) is 18.2 Å². The zero-order valence-electron chi connectivity index (χ0n) is 14.2. The molecule has 2 aromatic carbocycles. The van der Waals surface area contributed by atoms with E-state index in [1.54, 1.807) is 24.3 Å². The maximum atomic E-state index is 12.0. The van der Waals surface area contributed by atoms with E-state index < -0.39 is 0 Å². The number of carbonyl (C=O) groups is 2. The molecule has 0 aromatic heterocycles. The fourth-order valence-electron chi connectivity index (χ4n) is 2.88. The first-order valence-corrected chi connectivity index (χ1v) is 8.37. The minimum atomic E-state index is -0.368. The number of urea groups is 1. The number of nitrogens with one attached hydrogen (secondary N) is 2. The van der Waals surface area contributed by atoms with Crippen molar-refractivity contribution in [2.24, 2.45) is 0 Å². The van der Waals surface area contributed by atoms with Crippen molar-refractivity contribution in [1.29, 1.82) is 0 Å². The van der Waals surface area contributed by atoms with Gasteiger partial charge in [0.25, 0.3) is 0 Å². The second-order valence-electron chi connectivity index (χ2n) is 6.37. The van der Waals surface area contributed by atoms with Crippen LogP contribution in [0.15, 0.2) is 54.6 Å². The van der Waals surface area contributed by atoms with Crippen molar-refractivity contribution in [2.45, 2.75) is 24.8 Å². The first kappa shape index (κ1) is 17.0. The molecule has 25 heavy (non-hydrogen) atoms. The Kier molecular flexibility index (Phi) is 5.03. The van der Waals surface area contributed by atoms with Gasteiger partial charge < -0.3 is 15.4 Å². The van der Waals surface area contributed by atoms with Gasteiger partial charge in [-0.15, -0.1) is 0 Å². The molecule has 2 N–H and O–H groups in total. The standard InChI is InChI=1S/C20H22N2O3/c1-25-18(23)16-9-7-15(8-10-16)13-21-19(24)22-14-20(11-12-20)17-5-3-2-4-6-17/h2-10H,11-14H2,1H3,(H2,21,22,24). The van der Waals surface area contributed by atoms with Crippen molar-refractivity contribution < 1.29 is 14.3 Å². The molecule has 0 aliphatic heterocycles. The van der Waals surface area contributed by atoms with Crippen molar-refractivity contribution in [3.8, 4) is 0 Å². The van der Waals surface area contributed by atoms with Gasteiger partial charge in [-0.3, -0.25) is 0 Å². The van der Waals surface area contributed by atoms with Crippen molar-refractivity contribution >= 4 is 12.0 Å². The highest BCUT2D eigenvalue weighted by Gasteiger charge is 2.44. The topological polar surface area (TPSA) is 67.4 Å². The van der Waals surface area contributed by atoms with Crippen LogP contribution in [0, 0.1) is 0 Å². The van der Waals surface area contributed by atoms with Gasteiger partial charge in [0.2, 0.25) is 0 Å². The van der Waals surface area contributed by atoms with Gasteiger partial charge in [0.15, 0.2) is 0 Å². The molecule has 0 radical (unpaired) electrons. The fraction of sp³-hybridized carbons (Fsp3) is 0.300. The zero-order chi connectivity index (χ0) is 17.7. The molecular weight excluding hydrogens is 316 g/mol. The number of benzene rings is 2. The normalized spacial score (nSPS) is 14.4. The quantitative estimate of drug-likeness (QED) is 0.796. The van der Waals surface area contributed by atoms with Gasteiger partial charge in [-0.2, -0.15) is 0 Å². The second kappa shape index (κ2) is 7.38. The van der Waals surface area contributed by atoms with Crippen LogP contribution in [0.4, 0.5) is 4.79 Å². The fourth-order valence-corrected chi connectivity index (χ4v) is 2.88. The Morgan fingerprint density at radius 1 is 1.00 bits per heavy atom. The van der Waals surface area contributed by atoms with Crippen LogP contribution in [0.5, 0.6) is 0 Å². The first-order chi connectivity index (χ1) is 12.1. The molecule has 1 aliphatic carbocycles. The predicted molar refractivity (Wildman–Crippen MR) is 95.4 cm³/mol. The van der Waals surface area contributed by atoms with Crippen molar-refractivity contribution in [1.82, 2.24) is 10.6 Å². The Morgan fingerprint density at radius 2 is 1.68 bits per heavy atom. The maximum absolute atomic E-state index is 12.0. The average Bonchev–Trinajstić information content (AvgIpc) is 3.46. The minimum Gasteiger partial charge on any atom is -0.465 e. The van der Waals surface area contributed by atoms with E-state index in [4.69, 9.17) is 0 Å². The SMILES string of the molecule is COC(=O)c1ccc(CNC(=O)NCC2(c3ccccc3)CC2)cc1. The van der Waals surface area contributed by atoms with Crippen LogP contribution in [0.25, 0.3) is 0 Å². The molecule has 0 saturated heterocycles. The number of hydrogen-bond acceptors (Lipinski definition) is 3. The average molecular weight is 338 g/mol. The highest BCUT2D eigenvalue weighted by atomic mass is 16.5. The van der Waals surface area contributed by atoms with Gasteiger partial charge in [-0.25, -0.2) is 9.59 Å². The van der Waals surface area contributed by atoms with E-state index in [-0.39, 0.29) is 17.4 Å². The molecule has 5 nitrogen and oxygen atoms in total. The summed E-state index contributed by atoms with van der Waals surface area (Å²) in [6.07, 6.45) is 2.21. The van der Waals surface area contributed by atoms with Gasteiger partial charge in [-0.1, -0.05) is 42.5 Å². The molecule has 1 saturated carbocycles. The number of carbonyl (C=O) groups excluding carboxylic acids is 2. The number of rotatable bonds is 6. The highest BCUT2D eigenvalue weighted by Crippen LogP contribution is 2.47. The molecule has 2 aromatic rings. The van der Waals surface area contributed by atoms with Crippen LogP contribution in [-0.2, 0) is 16.7 Å². The van der Waals surface area contributed by atoms with E-state index in [0.29, 0.717) is 18.7 Å². The largest absolute Gasteiger partial charge is 0.465 e. The van der Waals surface area contributed by atoms with Crippen LogP contribution >= 0.6 is 0 Å². The van der Waals surface area contributed by atoms with Crippen LogP contribution in [0.3, 0.4) is 0 Å². The number of esters is 1. The number of methoxy groups -OCH3 is 1. The molecule has 3 rings (SSSR count). The summed E-state index contributed by atoms with van der Waals surface area (Å²) < 4.78 is 4.66. The third-order valence-electron chi connectivity index (χ3n) is 4.66. The monoisotopic (exact) mass is 338 g/mol. The summed E-state index contributed by atoms with van der Waals surface area (Å²) in [5.74, 6) is -0.368. The second-order valence-corrected chi connectivity index (χ2v) is 6.37. The summed E-state index contributed by atoms with van der Waals surface area (Å²) in [6, 6.07) is 17.1. The minimum absolute atomic E-state index is 0.0980. The third-order valence-corrected chi connectivity index (χ3v) is 4.66. The molecule has 5 heteroatoms. The van der Waals surface area contributed by atoms with Crippen LogP contribution in [-0.4, -0.2) is 25.7 Å². The number of hydrogen-bond donors (Lipinski definition) is 2. The molecule has 1 fully saturated rings. The van der Waals surface area contributed by atoms with Crippen molar-refractivity contribution in [3.63, 3.8) is 0 Å². The summed E-state index contributed by atoms with van der Waals surface area (Å²) in [5, 5.41) is 5.82. The van der Waals surface area contributed by atoms with E-state index in [2.05, 4.69) is 27.5 Å². The lowest BCUT2D eigenvalue weighted by Crippen LogP contribution is -2.39. The summed E-state index contributed by atoms with van der Waals surface area (Å²) in [4.78, 5) is 23.4. The highest BCUT2D eigenvalue weighted by molar-refractivity contribution is 5.89. The molecule has 130 valence electrons. The zero-order valence-corrected chi connectivity index (χ0v) is 14.2. The molecule has 0 heterocycles. The van der Waals surface area contributed by atoms with Gasteiger partial charge >= 0.3 is 12.0 Å². The van der Waals surface area contributed by atoms with Gasteiger partial charge in [0.1, 0.15) is 0 Å². The molecule has 0 spiro atoms.